The van der Waals surface area contributed by atoms with Gasteiger partial charge in [-0.1, -0.05) is 12.1 Å². The topological polar surface area (TPSA) is 72.2 Å². The summed E-state index contributed by atoms with van der Waals surface area (Å²) in [6.45, 7) is 1.52. The average molecular weight is 306 g/mol. The second-order valence-electron chi connectivity index (χ2n) is 5.13. The summed E-state index contributed by atoms with van der Waals surface area (Å²) in [5.74, 6) is -0.950. The van der Waals surface area contributed by atoms with Crippen LogP contribution in [0.1, 0.15) is 27.6 Å². The summed E-state index contributed by atoms with van der Waals surface area (Å²) in [6.07, 6.45) is 1.80. The minimum Gasteiger partial charge on any atom is -0.478 e. The zero-order chi connectivity index (χ0) is 16.4. The number of benzene rings is 2. The van der Waals surface area contributed by atoms with Crippen LogP contribution in [0.3, 0.4) is 0 Å². The Balaban J connectivity index is 1.92. The lowest BCUT2D eigenvalue weighted by Gasteiger charge is -2.03. The number of Topliss-reactive ketones (excluding diaryl/α,β-unsaturated/α-hetero) is 1. The number of carbonyl (C=O) groups is 2. The Bertz CT molecular complexity index is 879. The van der Waals surface area contributed by atoms with Crippen molar-refractivity contribution in [3.63, 3.8) is 0 Å². The molecule has 0 aliphatic rings. The highest BCUT2D eigenvalue weighted by atomic mass is 16.4. The summed E-state index contributed by atoms with van der Waals surface area (Å²) in [5.41, 5.74) is 3.13. The Labute approximate surface area is 132 Å². The Morgan fingerprint density at radius 2 is 1.74 bits per heavy atom. The molecule has 0 saturated heterocycles. The van der Waals surface area contributed by atoms with Crippen LogP contribution in [0, 0.1) is 0 Å². The van der Waals surface area contributed by atoms with E-state index in [0.717, 1.165) is 11.3 Å². The highest BCUT2D eigenvalue weighted by molar-refractivity contribution is 5.94. The van der Waals surface area contributed by atoms with E-state index in [4.69, 9.17) is 5.11 Å². The molecule has 0 saturated carbocycles. The first-order chi connectivity index (χ1) is 11.0. The van der Waals surface area contributed by atoms with Crippen molar-refractivity contribution in [1.29, 1.82) is 0 Å². The molecular weight excluding hydrogens is 292 g/mol. The van der Waals surface area contributed by atoms with E-state index in [0.29, 0.717) is 11.3 Å². The maximum absolute atomic E-state index is 11.3. The van der Waals surface area contributed by atoms with E-state index < -0.39 is 5.97 Å². The maximum atomic E-state index is 11.3. The normalized spacial score (nSPS) is 10.5. The van der Waals surface area contributed by atoms with E-state index in [1.165, 1.54) is 6.92 Å². The first-order valence-corrected chi connectivity index (χ1v) is 7.05. The van der Waals surface area contributed by atoms with E-state index in [1.807, 2.05) is 24.3 Å². The number of aromatic nitrogens is 2. The molecule has 23 heavy (non-hydrogen) atoms. The third kappa shape index (κ3) is 3.03. The fourth-order valence-corrected chi connectivity index (χ4v) is 2.28. The van der Waals surface area contributed by atoms with Gasteiger partial charge in [-0.3, -0.25) is 4.79 Å². The van der Waals surface area contributed by atoms with E-state index >= 15 is 0 Å². The molecule has 114 valence electrons. The third-order valence-electron chi connectivity index (χ3n) is 3.53. The molecule has 0 fully saturated rings. The molecule has 0 amide bonds. The molecule has 1 N–H and O–H groups in total. The zero-order valence-electron chi connectivity index (χ0n) is 12.4. The van der Waals surface area contributed by atoms with Crippen LogP contribution in [0.4, 0.5) is 0 Å². The molecule has 1 heterocycles. The second kappa shape index (κ2) is 5.88. The van der Waals surface area contributed by atoms with Gasteiger partial charge in [0.25, 0.3) is 0 Å². The number of aromatic carboxylic acids is 1. The summed E-state index contributed by atoms with van der Waals surface area (Å²) in [4.78, 5) is 22.3. The predicted octanol–water partition coefficient (Wildman–Crippen LogP) is 3.44. The summed E-state index contributed by atoms with van der Waals surface area (Å²) < 4.78 is 1.69. The molecule has 0 radical (unpaired) electrons. The Kier molecular flexibility index (Phi) is 3.76. The molecule has 5 heteroatoms. The van der Waals surface area contributed by atoms with E-state index in [2.05, 4.69) is 5.10 Å². The van der Waals surface area contributed by atoms with Crippen molar-refractivity contribution in [1.82, 2.24) is 9.78 Å². The van der Waals surface area contributed by atoms with Crippen molar-refractivity contribution >= 4 is 11.8 Å². The fraction of sp³-hybridized carbons (Fsp3) is 0.0556. The lowest BCUT2D eigenvalue weighted by Crippen LogP contribution is -1.98. The largest absolute Gasteiger partial charge is 0.478 e. The lowest BCUT2D eigenvalue weighted by molar-refractivity contribution is 0.0696. The van der Waals surface area contributed by atoms with Crippen LogP contribution in [0.25, 0.3) is 16.9 Å². The average Bonchev–Trinajstić information content (AvgIpc) is 3.05. The number of hydrogen-bond donors (Lipinski definition) is 1. The van der Waals surface area contributed by atoms with Gasteiger partial charge in [0.15, 0.2) is 5.78 Å². The second-order valence-corrected chi connectivity index (χ2v) is 5.13. The molecule has 0 unspecified atom stereocenters. The Morgan fingerprint density at radius 1 is 1.00 bits per heavy atom. The first kappa shape index (κ1) is 14.7. The van der Waals surface area contributed by atoms with Crippen molar-refractivity contribution in [2.75, 3.05) is 0 Å². The molecular formula is C18H14N2O3. The van der Waals surface area contributed by atoms with Gasteiger partial charge in [-0.05, 0) is 49.4 Å². The van der Waals surface area contributed by atoms with Crippen molar-refractivity contribution in [2.24, 2.45) is 0 Å². The number of nitrogens with zero attached hydrogens (tertiary/aromatic N) is 2. The maximum Gasteiger partial charge on any atom is 0.335 e. The van der Waals surface area contributed by atoms with Gasteiger partial charge in [0, 0.05) is 17.3 Å². The molecule has 0 bridgehead atoms. The first-order valence-electron chi connectivity index (χ1n) is 7.05. The third-order valence-corrected chi connectivity index (χ3v) is 3.53. The van der Waals surface area contributed by atoms with Gasteiger partial charge in [-0.25, -0.2) is 9.48 Å². The molecule has 3 rings (SSSR count). The molecule has 5 nitrogen and oxygen atoms in total. The molecule has 1 aromatic heterocycles. The van der Waals surface area contributed by atoms with Gasteiger partial charge in [-0.15, -0.1) is 0 Å². The fourth-order valence-electron chi connectivity index (χ4n) is 2.28. The van der Waals surface area contributed by atoms with Crippen LogP contribution in [-0.2, 0) is 0 Å². The van der Waals surface area contributed by atoms with Crippen LogP contribution in [-0.4, -0.2) is 26.6 Å². The Morgan fingerprint density at radius 3 is 2.39 bits per heavy atom. The molecule has 2 aromatic carbocycles. The minimum absolute atomic E-state index is 0.0168. The SMILES string of the molecule is CC(=O)c1ccc(-n2ccc(-c3cccc(C(=O)O)c3)n2)cc1. The van der Waals surface area contributed by atoms with Crippen LogP contribution in [0.2, 0.25) is 0 Å². The summed E-state index contributed by atoms with van der Waals surface area (Å²) in [6, 6.07) is 15.6. The van der Waals surface area contributed by atoms with E-state index in [1.54, 1.807) is 41.2 Å². The number of carboxylic acid groups (broad SMARTS) is 1. The summed E-state index contributed by atoms with van der Waals surface area (Å²) >= 11 is 0. The number of rotatable bonds is 4. The van der Waals surface area contributed by atoms with Gasteiger partial charge in [0.1, 0.15) is 0 Å². The van der Waals surface area contributed by atoms with E-state index in [-0.39, 0.29) is 11.3 Å². The lowest BCUT2D eigenvalue weighted by atomic mass is 10.1. The molecule has 0 aliphatic heterocycles. The van der Waals surface area contributed by atoms with Crippen LogP contribution >= 0.6 is 0 Å². The number of carbonyl (C=O) groups excluding carboxylic acids is 1. The van der Waals surface area contributed by atoms with Crippen molar-refractivity contribution in [2.45, 2.75) is 6.92 Å². The highest BCUT2D eigenvalue weighted by Gasteiger charge is 2.08. The molecule has 0 spiro atoms. The van der Waals surface area contributed by atoms with Gasteiger partial charge in [0.05, 0.1) is 16.9 Å². The van der Waals surface area contributed by atoms with Crippen molar-refractivity contribution < 1.29 is 14.7 Å². The van der Waals surface area contributed by atoms with Crippen LogP contribution in [0.5, 0.6) is 0 Å². The Hall–Kier alpha value is -3.21. The summed E-state index contributed by atoms with van der Waals surface area (Å²) in [5, 5.41) is 13.5. The van der Waals surface area contributed by atoms with Gasteiger partial charge >= 0.3 is 5.97 Å². The molecule has 0 aliphatic carbocycles. The van der Waals surface area contributed by atoms with Crippen LogP contribution in [0.15, 0.2) is 60.8 Å². The number of hydrogen-bond acceptors (Lipinski definition) is 3. The molecule has 3 aromatic rings. The number of ketones is 1. The van der Waals surface area contributed by atoms with Gasteiger partial charge in [-0.2, -0.15) is 5.10 Å². The smallest absolute Gasteiger partial charge is 0.335 e. The van der Waals surface area contributed by atoms with Gasteiger partial charge < -0.3 is 5.11 Å². The highest BCUT2D eigenvalue weighted by Crippen LogP contribution is 2.20. The number of carboxylic acids is 1. The van der Waals surface area contributed by atoms with Crippen LogP contribution < -0.4 is 0 Å². The van der Waals surface area contributed by atoms with Crippen molar-refractivity contribution in [3.05, 3.63) is 71.9 Å². The zero-order valence-corrected chi connectivity index (χ0v) is 12.4. The molecule has 0 atom stereocenters. The quantitative estimate of drug-likeness (QED) is 0.749. The van der Waals surface area contributed by atoms with E-state index in [9.17, 15) is 9.59 Å². The predicted molar refractivity (Wildman–Crippen MR) is 86.0 cm³/mol. The summed E-state index contributed by atoms with van der Waals surface area (Å²) in [7, 11) is 0. The standard InChI is InChI=1S/C18H14N2O3/c1-12(21)13-5-7-16(8-6-13)20-10-9-17(19-20)14-3-2-4-15(11-14)18(22)23/h2-11H,1H3,(H,22,23). The van der Waals surface area contributed by atoms with Gasteiger partial charge in [0.2, 0.25) is 0 Å². The monoisotopic (exact) mass is 306 g/mol. The van der Waals surface area contributed by atoms with Crippen molar-refractivity contribution in [3.8, 4) is 16.9 Å². The minimum atomic E-state index is -0.967.